The molecule has 0 unspecified atom stereocenters. The first-order valence-corrected chi connectivity index (χ1v) is 2.89. The van der Waals surface area contributed by atoms with Gasteiger partial charge in [-0.1, -0.05) is 6.92 Å². The molecule has 1 N–H and O–H groups in total. The SMILES string of the molecule is CCCNC=C[S-].[Na+]. The summed E-state index contributed by atoms with van der Waals surface area (Å²) in [6, 6.07) is 0. The molecule has 0 atom stereocenters. The van der Waals surface area contributed by atoms with E-state index in [9.17, 15) is 0 Å². The zero-order chi connectivity index (χ0) is 5.54. The first-order valence-electron chi connectivity index (χ1n) is 2.42. The maximum absolute atomic E-state index is 4.52. The third kappa shape index (κ3) is 9.90. The van der Waals surface area contributed by atoms with Crippen LogP contribution in [0.1, 0.15) is 13.3 Å². The quantitative estimate of drug-likeness (QED) is 0.276. The van der Waals surface area contributed by atoms with E-state index < -0.39 is 0 Å². The van der Waals surface area contributed by atoms with Crippen molar-refractivity contribution < 1.29 is 29.6 Å². The second-order valence-electron chi connectivity index (χ2n) is 1.26. The summed E-state index contributed by atoms with van der Waals surface area (Å²) in [6.45, 7) is 3.14. The first kappa shape index (κ1) is 11.5. The van der Waals surface area contributed by atoms with Gasteiger partial charge in [0.1, 0.15) is 0 Å². The standard InChI is InChI=1S/C5H11NS.Na/c1-2-3-6-4-5-7;/h4-7H,2-3H2,1H3;/q;+1/p-1. The molecular weight excluding hydrogens is 129 g/mol. The largest absolute Gasteiger partial charge is 1.00 e. The van der Waals surface area contributed by atoms with Crippen molar-refractivity contribution in [3.05, 3.63) is 11.6 Å². The first-order chi connectivity index (χ1) is 3.41. The fourth-order valence-corrected chi connectivity index (χ4v) is 0.372. The molecule has 0 fully saturated rings. The van der Waals surface area contributed by atoms with Crippen LogP contribution in [0, 0.1) is 0 Å². The molecule has 42 valence electrons. The summed E-state index contributed by atoms with van der Waals surface area (Å²) in [5.74, 6) is 0. The van der Waals surface area contributed by atoms with Gasteiger partial charge in [-0.3, -0.25) is 0 Å². The van der Waals surface area contributed by atoms with Crippen molar-refractivity contribution in [2.45, 2.75) is 13.3 Å². The molecule has 0 aliphatic rings. The molecule has 0 bridgehead atoms. The summed E-state index contributed by atoms with van der Waals surface area (Å²) in [6.07, 6.45) is 2.93. The fraction of sp³-hybridized carbons (Fsp3) is 0.600. The molecule has 8 heavy (non-hydrogen) atoms. The smallest absolute Gasteiger partial charge is 0.786 e. The van der Waals surface area contributed by atoms with E-state index in [2.05, 4.69) is 24.9 Å². The van der Waals surface area contributed by atoms with Gasteiger partial charge in [0, 0.05) is 6.54 Å². The monoisotopic (exact) mass is 139 g/mol. The summed E-state index contributed by atoms with van der Waals surface area (Å²) >= 11 is 4.52. The van der Waals surface area contributed by atoms with Crippen LogP contribution in [0.25, 0.3) is 0 Å². The van der Waals surface area contributed by atoms with Crippen molar-refractivity contribution in [1.82, 2.24) is 5.32 Å². The van der Waals surface area contributed by atoms with Gasteiger partial charge in [-0.25, -0.2) is 0 Å². The van der Waals surface area contributed by atoms with E-state index in [1.165, 1.54) is 0 Å². The molecular formula is C5H10NNaS. The minimum Gasteiger partial charge on any atom is -0.786 e. The molecule has 0 saturated heterocycles. The Morgan fingerprint density at radius 3 is 2.62 bits per heavy atom. The minimum atomic E-state index is 0. The maximum Gasteiger partial charge on any atom is 1.00 e. The van der Waals surface area contributed by atoms with Crippen LogP contribution in [0.5, 0.6) is 0 Å². The van der Waals surface area contributed by atoms with Crippen LogP contribution in [0.2, 0.25) is 0 Å². The van der Waals surface area contributed by atoms with E-state index in [0.29, 0.717) is 0 Å². The summed E-state index contributed by atoms with van der Waals surface area (Å²) in [5, 5.41) is 4.58. The average molecular weight is 139 g/mol. The Bertz CT molecular complexity index is 56.4. The molecule has 0 aliphatic heterocycles. The van der Waals surface area contributed by atoms with Crippen LogP contribution >= 0.6 is 0 Å². The van der Waals surface area contributed by atoms with Gasteiger partial charge >= 0.3 is 29.6 Å². The van der Waals surface area contributed by atoms with Crippen LogP contribution in [-0.4, -0.2) is 6.54 Å². The molecule has 0 aromatic rings. The van der Waals surface area contributed by atoms with Gasteiger partial charge in [-0.05, 0) is 12.6 Å². The van der Waals surface area contributed by atoms with Crippen molar-refractivity contribution in [3.8, 4) is 0 Å². The van der Waals surface area contributed by atoms with Crippen LogP contribution in [0.3, 0.4) is 0 Å². The fourth-order valence-electron chi connectivity index (χ4n) is 0.276. The Labute approximate surface area is 78.6 Å². The molecule has 0 aliphatic carbocycles. The van der Waals surface area contributed by atoms with Crippen LogP contribution in [0.4, 0.5) is 0 Å². The Kier molecular flexibility index (Phi) is 15.4. The molecule has 0 amide bonds. The predicted octanol–water partition coefficient (Wildman–Crippen LogP) is -1.99. The predicted molar refractivity (Wildman–Crippen MR) is 34.8 cm³/mol. The van der Waals surface area contributed by atoms with Gasteiger partial charge in [-0.15, -0.1) is 0 Å². The second kappa shape index (κ2) is 10.7. The zero-order valence-corrected chi connectivity index (χ0v) is 8.29. The van der Waals surface area contributed by atoms with Gasteiger partial charge in [0.25, 0.3) is 0 Å². The van der Waals surface area contributed by atoms with Gasteiger partial charge in [-0.2, -0.15) is 5.41 Å². The van der Waals surface area contributed by atoms with Gasteiger partial charge in [0.15, 0.2) is 0 Å². The zero-order valence-electron chi connectivity index (χ0n) is 5.48. The van der Waals surface area contributed by atoms with E-state index in [4.69, 9.17) is 0 Å². The van der Waals surface area contributed by atoms with E-state index in [-0.39, 0.29) is 29.6 Å². The Hall–Kier alpha value is 0.760. The molecule has 0 aromatic heterocycles. The molecule has 0 aromatic carbocycles. The summed E-state index contributed by atoms with van der Waals surface area (Å²) < 4.78 is 0. The average Bonchev–Trinajstić information content (AvgIpc) is 1.69. The molecule has 0 spiro atoms. The Morgan fingerprint density at radius 2 is 2.25 bits per heavy atom. The number of nitrogens with one attached hydrogen (secondary N) is 1. The van der Waals surface area contributed by atoms with Crippen molar-refractivity contribution in [1.29, 1.82) is 0 Å². The van der Waals surface area contributed by atoms with Crippen molar-refractivity contribution >= 4 is 12.6 Å². The van der Waals surface area contributed by atoms with E-state index in [1.807, 2.05) is 0 Å². The summed E-state index contributed by atoms with van der Waals surface area (Å²) in [5.41, 5.74) is 0. The second-order valence-corrected chi connectivity index (χ2v) is 1.53. The molecule has 0 rings (SSSR count). The molecule has 1 nitrogen and oxygen atoms in total. The van der Waals surface area contributed by atoms with Crippen LogP contribution < -0.4 is 34.9 Å². The molecule has 0 radical (unpaired) electrons. The number of hydrogen-bond donors (Lipinski definition) is 1. The topological polar surface area (TPSA) is 12.0 Å². The molecule has 3 heteroatoms. The van der Waals surface area contributed by atoms with Gasteiger partial charge in [0.2, 0.25) is 0 Å². The van der Waals surface area contributed by atoms with E-state index >= 15 is 0 Å². The third-order valence-electron chi connectivity index (χ3n) is 0.580. The Morgan fingerprint density at radius 1 is 1.62 bits per heavy atom. The van der Waals surface area contributed by atoms with Crippen molar-refractivity contribution in [2.24, 2.45) is 0 Å². The van der Waals surface area contributed by atoms with E-state index in [1.54, 1.807) is 11.6 Å². The number of hydrogen-bond acceptors (Lipinski definition) is 2. The maximum atomic E-state index is 4.52. The van der Waals surface area contributed by atoms with Crippen LogP contribution in [-0.2, 0) is 12.6 Å². The van der Waals surface area contributed by atoms with E-state index in [0.717, 1.165) is 13.0 Å². The van der Waals surface area contributed by atoms with Crippen molar-refractivity contribution in [2.75, 3.05) is 6.54 Å². The molecule has 0 saturated carbocycles. The third-order valence-corrected chi connectivity index (χ3v) is 0.716. The summed E-state index contributed by atoms with van der Waals surface area (Å²) in [4.78, 5) is 0. The van der Waals surface area contributed by atoms with Crippen LogP contribution in [0.15, 0.2) is 11.6 Å². The summed E-state index contributed by atoms with van der Waals surface area (Å²) in [7, 11) is 0. The van der Waals surface area contributed by atoms with Gasteiger partial charge in [0.05, 0.1) is 0 Å². The minimum absolute atomic E-state index is 0. The normalized spacial score (nSPS) is 8.62. The Balaban J connectivity index is 0. The van der Waals surface area contributed by atoms with Crippen molar-refractivity contribution in [3.63, 3.8) is 0 Å². The van der Waals surface area contributed by atoms with Gasteiger partial charge < -0.3 is 17.9 Å². The number of rotatable bonds is 3. The molecule has 0 heterocycles.